The van der Waals surface area contributed by atoms with Crippen LogP contribution >= 0.6 is 0 Å². The van der Waals surface area contributed by atoms with Crippen molar-refractivity contribution in [2.45, 2.75) is 20.3 Å². The van der Waals surface area contributed by atoms with Crippen molar-refractivity contribution in [3.8, 4) is 11.5 Å². The highest BCUT2D eigenvalue weighted by Gasteiger charge is 2.36. The van der Waals surface area contributed by atoms with E-state index >= 15 is 0 Å². The molecule has 0 aromatic heterocycles. The normalized spacial score (nSPS) is 12.6. The van der Waals surface area contributed by atoms with Gasteiger partial charge in [-0.3, -0.25) is 19.3 Å². The Morgan fingerprint density at radius 3 is 2.32 bits per heavy atom. The molecule has 3 rings (SSSR count). The van der Waals surface area contributed by atoms with Crippen LogP contribution in [-0.2, 0) is 16.0 Å². The number of hydrogen-bond donors (Lipinski definition) is 1. The van der Waals surface area contributed by atoms with Gasteiger partial charge < -0.3 is 19.5 Å². The lowest BCUT2D eigenvalue weighted by atomic mass is 10.1. The lowest BCUT2D eigenvalue weighted by molar-refractivity contribution is -0.124. The molecule has 0 aliphatic carbocycles. The minimum atomic E-state index is -0.750. The summed E-state index contributed by atoms with van der Waals surface area (Å²) in [7, 11) is 3.11. The van der Waals surface area contributed by atoms with Crippen LogP contribution in [0, 0.1) is 5.92 Å². The summed E-state index contributed by atoms with van der Waals surface area (Å²) in [4.78, 5) is 50.6. The molecule has 0 spiro atoms. The number of fused-ring (bicyclic) bond motifs is 1. The van der Waals surface area contributed by atoms with Crippen molar-refractivity contribution in [1.82, 2.24) is 10.2 Å². The summed E-state index contributed by atoms with van der Waals surface area (Å²) >= 11 is 0. The molecule has 180 valence electrons. The molecule has 0 fully saturated rings. The molecule has 9 nitrogen and oxygen atoms in total. The molecular formula is C25H28N2O7. The van der Waals surface area contributed by atoms with E-state index in [0.717, 1.165) is 5.56 Å². The molecule has 0 saturated carbocycles. The van der Waals surface area contributed by atoms with Crippen LogP contribution in [0.25, 0.3) is 0 Å². The first-order chi connectivity index (χ1) is 16.2. The second-order valence-electron chi connectivity index (χ2n) is 8.24. The van der Waals surface area contributed by atoms with Crippen LogP contribution in [0.1, 0.15) is 50.5 Å². The second-order valence-corrected chi connectivity index (χ2v) is 8.24. The molecule has 0 saturated heterocycles. The molecule has 3 amide bonds. The number of hydrogen-bond acceptors (Lipinski definition) is 7. The number of rotatable bonds is 10. The van der Waals surface area contributed by atoms with Gasteiger partial charge in [-0.2, -0.15) is 0 Å². The molecule has 0 unspecified atom stereocenters. The fraction of sp³-hybridized carbons (Fsp3) is 0.360. The Morgan fingerprint density at radius 2 is 1.65 bits per heavy atom. The smallest absolute Gasteiger partial charge is 0.338 e. The first-order valence-corrected chi connectivity index (χ1v) is 10.9. The second kappa shape index (κ2) is 10.8. The lowest BCUT2D eigenvalue weighted by Gasteiger charge is -2.15. The minimum absolute atomic E-state index is 0.101. The molecule has 2 aromatic carbocycles. The standard InChI is InChI=1S/C25H28N2O7/c1-15(2)13-27-23(29)18-7-6-17(12-19(18)24(27)30)25(31)34-14-22(28)26-10-9-16-5-8-20(32-3)21(11-16)33-4/h5-8,11-12,15H,9-10,13-14H2,1-4H3,(H,26,28). The summed E-state index contributed by atoms with van der Waals surface area (Å²) < 4.78 is 15.5. The van der Waals surface area contributed by atoms with Gasteiger partial charge in [-0.25, -0.2) is 4.79 Å². The zero-order chi connectivity index (χ0) is 24.8. The van der Waals surface area contributed by atoms with E-state index in [9.17, 15) is 19.2 Å². The van der Waals surface area contributed by atoms with Crippen LogP contribution in [0.15, 0.2) is 36.4 Å². The fourth-order valence-electron chi connectivity index (χ4n) is 3.60. The van der Waals surface area contributed by atoms with Gasteiger partial charge in [0.2, 0.25) is 0 Å². The molecule has 0 atom stereocenters. The van der Waals surface area contributed by atoms with Crippen LogP contribution < -0.4 is 14.8 Å². The van der Waals surface area contributed by atoms with E-state index in [1.807, 2.05) is 26.0 Å². The highest BCUT2D eigenvalue weighted by Crippen LogP contribution is 2.28. The molecule has 1 aliphatic heterocycles. The number of methoxy groups -OCH3 is 2. The van der Waals surface area contributed by atoms with Gasteiger partial charge in [0.1, 0.15) is 0 Å². The highest BCUT2D eigenvalue weighted by molar-refractivity contribution is 6.22. The summed E-state index contributed by atoms with van der Waals surface area (Å²) in [6.45, 7) is 3.99. The van der Waals surface area contributed by atoms with Crippen molar-refractivity contribution in [1.29, 1.82) is 0 Å². The predicted octanol–water partition coefficient (Wildman–Crippen LogP) is 2.47. The third-order valence-corrected chi connectivity index (χ3v) is 5.27. The monoisotopic (exact) mass is 468 g/mol. The van der Waals surface area contributed by atoms with E-state index in [0.29, 0.717) is 31.0 Å². The Bertz CT molecular complexity index is 1110. The van der Waals surface area contributed by atoms with Crippen LogP contribution in [-0.4, -0.2) is 62.5 Å². The zero-order valence-corrected chi connectivity index (χ0v) is 19.7. The van der Waals surface area contributed by atoms with Crippen molar-refractivity contribution in [2.24, 2.45) is 5.92 Å². The van der Waals surface area contributed by atoms with Gasteiger partial charge >= 0.3 is 5.97 Å². The number of nitrogens with zero attached hydrogens (tertiary/aromatic N) is 1. The largest absolute Gasteiger partial charge is 0.493 e. The average Bonchev–Trinajstić information content (AvgIpc) is 3.06. The van der Waals surface area contributed by atoms with Crippen molar-refractivity contribution < 1.29 is 33.4 Å². The van der Waals surface area contributed by atoms with Gasteiger partial charge in [0, 0.05) is 13.1 Å². The Balaban J connectivity index is 1.51. The summed E-state index contributed by atoms with van der Waals surface area (Å²) in [6.07, 6.45) is 0.549. The van der Waals surface area contributed by atoms with Crippen molar-refractivity contribution in [3.63, 3.8) is 0 Å². The molecule has 1 N–H and O–H groups in total. The fourth-order valence-corrected chi connectivity index (χ4v) is 3.60. The molecule has 0 radical (unpaired) electrons. The summed E-state index contributed by atoms with van der Waals surface area (Å²) in [6, 6.07) is 9.68. The van der Waals surface area contributed by atoms with Gasteiger partial charge in [0.05, 0.1) is 30.9 Å². The SMILES string of the molecule is COc1ccc(CCNC(=O)COC(=O)c2ccc3c(c2)C(=O)N(CC(C)C)C3=O)cc1OC. The van der Waals surface area contributed by atoms with E-state index in [1.54, 1.807) is 20.3 Å². The van der Waals surface area contributed by atoms with Crippen molar-refractivity contribution in [2.75, 3.05) is 33.9 Å². The average molecular weight is 469 g/mol. The maximum atomic E-state index is 12.6. The number of carbonyl (C=O) groups is 4. The van der Waals surface area contributed by atoms with E-state index in [-0.39, 0.29) is 28.5 Å². The number of amides is 3. The third kappa shape index (κ3) is 5.54. The predicted molar refractivity (Wildman–Crippen MR) is 123 cm³/mol. The molecule has 34 heavy (non-hydrogen) atoms. The maximum absolute atomic E-state index is 12.6. The topological polar surface area (TPSA) is 111 Å². The minimum Gasteiger partial charge on any atom is -0.493 e. The Morgan fingerprint density at radius 1 is 0.941 bits per heavy atom. The first kappa shape index (κ1) is 24.8. The number of carbonyl (C=O) groups excluding carboxylic acids is 4. The van der Waals surface area contributed by atoms with Gasteiger partial charge in [0.15, 0.2) is 18.1 Å². The van der Waals surface area contributed by atoms with Crippen molar-refractivity contribution in [3.05, 3.63) is 58.7 Å². The number of benzene rings is 2. The third-order valence-electron chi connectivity index (χ3n) is 5.27. The van der Waals surface area contributed by atoms with Crippen LogP contribution in [0.4, 0.5) is 0 Å². The molecule has 9 heteroatoms. The van der Waals surface area contributed by atoms with Gasteiger partial charge in [-0.05, 0) is 48.2 Å². The van der Waals surface area contributed by atoms with Crippen LogP contribution in [0.5, 0.6) is 11.5 Å². The summed E-state index contributed by atoms with van der Waals surface area (Å²) in [5.74, 6) is -0.671. The maximum Gasteiger partial charge on any atom is 0.338 e. The summed E-state index contributed by atoms with van der Waals surface area (Å²) in [5, 5.41) is 2.69. The van der Waals surface area contributed by atoms with Crippen LogP contribution in [0.2, 0.25) is 0 Å². The molecule has 1 heterocycles. The number of esters is 1. The quantitative estimate of drug-likeness (QED) is 0.421. The lowest BCUT2D eigenvalue weighted by Crippen LogP contribution is -2.33. The van der Waals surface area contributed by atoms with Crippen molar-refractivity contribution >= 4 is 23.7 Å². The molecule has 1 aliphatic rings. The molecule has 0 bridgehead atoms. The van der Waals surface area contributed by atoms with E-state index < -0.39 is 24.4 Å². The van der Waals surface area contributed by atoms with E-state index in [4.69, 9.17) is 14.2 Å². The molecule has 2 aromatic rings. The zero-order valence-electron chi connectivity index (χ0n) is 19.7. The molecular weight excluding hydrogens is 440 g/mol. The highest BCUT2D eigenvalue weighted by atomic mass is 16.5. The Kier molecular flexibility index (Phi) is 7.88. The number of nitrogens with one attached hydrogen (secondary N) is 1. The number of imide groups is 1. The van der Waals surface area contributed by atoms with E-state index in [2.05, 4.69) is 5.32 Å². The van der Waals surface area contributed by atoms with Gasteiger partial charge in [0.25, 0.3) is 17.7 Å². The van der Waals surface area contributed by atoms with Gasteiger partial charge in [-0.1, -0.05) is 19.9 Å². The van der Waals surface area contributed by atoms with E-state index in [1.165, 1.54) is 23.1 Å². The van der Waals surface area contributed by atoms with Crippen LogP contribution in [0.3, 0.4) is 0 Å². The Hall–Kier alpha value is -3.88. The number of ether oxygens (including phenoxy) is 3. The first-order valence-electron chi connectivity index (χ1n) is 10.9. The van der Waals surface area contributed by atoms with Gasteiger partial charge in [-0.15, -0.1) is 0 Å². The Labute approximate surface area is 198 Å². The summed E-state index contributed by atoms with van der Waals surface area (Å²) in [5.41, 5.74) is 1.47.